The zero-order valence-electron chi connectivity index (χ0n) is 18.4. The Balaban J connectivity index is 0.000000260. The van der Waals surface area contributed by atoms with Crippen LogP contribution in [0.2, 0.25) is 0 Å². The quantitative estimate of drug-likeness (QED) is 0.220. The molecule has 3 atom stereocenters. The Labute approximate surface area is 221 Å². The van der Waals surface area contributed by atoms with Gasteiger partial charge in [0.05, 0.1) is 33.1 Å². The summed E-state index contributed by atoms with van der Waals surface area (Å²) in [5, 5.41) is 0. The first kappa shape index (κ1) is 31.4. The molecule has 0 saturated carbocycles. The summed E-state index contributed by atoms with van der Waals surface area (Å²) >= 11 is 0. The van der Waals surface area contributed by atoms with Gasteiger partial charge in [-0.05, 0) is 52.7 Å². The molecule has 0 amide bonds. The number of aromatic nitrogens is 6. The lowest BCUT2D eigenvalue weighted by molar-refractivity contribution is 1.09. The van der Waals surface area contributed by atoms with Crippen molar-refractivity contribution in [2.45, 2.75) is 41.5 Å². The molecular weight excluding hydrogens is 501 g/mol. The normalized spacial score (nSPS) is 9.78. The molecule has 0 spiro atoms. The van der Waals surface area contributed by atoms with Crippen LogP contribution >= 0.6 is 27.9 Å². The Morgan fingerprint density at radius 3 is 1.72 bits per heavy atom. The van der Waals surface area contributed by atoms with Gasteiger partial charge in [0.2, 0.25) is 0 Å². The molecule has 0 saturated heterocycles. The van der Waals surface area contributed by atoms with E-state index in [4.69, 9.17) is 0 Å². The lowest BCUT2D eigenvalue weighted by atomic mass is 10.3. The van der Waals surface area contributed by atoms with Crippen molar-refractivity contribution in [1.82, 2.24) is 29.3 Å². The van der Waals surface area contributed by atoms with Crippen molar-refractivity contribution in [2.75, 3.05) is 0 Å². The van der Waals surface area contributed by atoms with Crippen LogP contribution in [0.1, 0.15) is 39.8 Å². The number of benzene rings is 3. The molecule has 3 aromatic carbocycles. The molecule has 36 heavy (non-hydrogen) atoms. The lowest BCUT2D eigenvalue weighted by Gasteiger charge is -1.96. The highest BCUT2D eigenvalue weighted by atomic mass is 31.0. The van der Waals surface area contributed by atoms with Crippen LogP contribution in [0.3, 0.4) is 0 Å². The van der Waals surface area contributed by atoms with Crippen molar-refractivity contribution in [1.29, 1.82) is 0 Å². The minimum atomic E-state index is 0. The number of aromatic amines is 2. The molecule has 3 heterocycles. The molecule has 6 aromatic rings. The fourth-order valence-electron chi connectivity index (χ4n) is 3.42. The average Bonchev–Trinajstić information content (AvgIpc) is 3.53. The number of rotatable bonds is 2. The molecule has 6 rings (SSSR count). The summed E-state index contributed by atoms with van der Waals surface area (Å²) < 4.78 is 2.04. The van der Waals surface area contributed by atoms with Gasteiger partial charge in [-0.2, -0.15) is 0 Å². The van der Waals surface area contributed by atoms with Crippen molar-refractivity contribution in [2.24, 2.45) is 0 Å². The van der Waals surface area contributed by atoms with Gasteiger partial charge in [0, 0.05) is 12.3 Å². The van der Waals surface area contributed by atoms with E-state index < -0.39 is 0 Å². The predicted molar refractivity (Wildman–Crippen MR) is 169 cm³/mol. The SMILES string of the molecule is C.C.C.Cc1nc2ccccc2[nH]1.PCc1nc2ccccc2[nH]1.PCc1nc2ccccc2n1P. The topological polar surface area (TPSA) is 75.2 Å². The molecule has 0 radical (unpaired) electrons. The maximum atomic E-state index is 4.45. The summed E-state index contributed by atoms with van der Waals surface area (Å²) in [6.07, 6.45) is 1.77. The molecule has 0 aliphatic heterocycles. The van der Waals surface area contributed by atoms with Crippen molar-refractivity contribution in [3.8, 4) is 0 Å². The molecule has 3 aromatic heterocycles. The van der Waals surface area contributed by atoms with Crippen LogP contribution in [-0.4, -0.2) is 29.3 Å². The molecule has 0 fully saturated rings. The molecule has 0 aliphatic carbocycles. The standard InChI is InChI=1S/C8H10N2P2.C8H9N2P.C8H8N2.3CH4/c11-5-8-9-6-3-1-2-4-7(6)10(8)12;11-5-8-9-6-3-1-2-4-7(6)10-8;1-6-9-7-4-2-3-5-8(7)10-6;;;/h1-4H,5,11-12H2;1-4H,5,11H2,(H,9,10);2-5H,1H3,(H,9,10);3*1H4. The van der Waals surface area contributed by atoms with Gasteiger partial charge in [-0.25, -0.2) is 15.0 Å². The number of nitrogens with zero attached hydrogens (tertiary/aromatic N) is 4. The number of nitrogens with one attached hydrogen (secondary N) is 2. The van der Waals surface area contributed by atoms with E-state index >= 15 is 0 Å². The van der Waals surface area contributed by atoms with Crippen molar-refractivity contribution in [3.63, 3.8) is 0 Å². The highest BCUT2D eigenvalue weighted by Gasteiger charge is 2.03. The van der Waals surface area contributed by atoms with E-state index in [1.54, 1.807) is 0 Å². The summed E-state index contributed by atoms with van der Waals surface area (Å²) in [6, 6.07) is 24.2. The summed E-state index contributed by atoms with van der Waals surface area (Å²) in [5.74, 6) is 3.07. The van der Waals surface area contributed by atoms with Gasteiger partial charge in [-0.3, -0.25) is 0 Å². The second-order valence-corrected chi connectivity index (χ2v) is 8.67. The average molecular weight is 541 g/mol. The first-order valence-electron chi connectivity index (χ1n) is 10.6. The third-order valence-corrected chi connectivity index (χ3v) is 6.32. The van der Waals surface area contributed by atoms with Crippen LogP contribution in [0.15, 0.2) is 72.8 Å². The van der Waals surface area contributed by atoms with Crippen LogP contribution in [0.5, 0.6) is 0 Å². The van der Waals surface area contributed by atoms with E-state index in [0.29, 0.717) is 0 Å². The number of para-hydroxylation sites is 6. The Kier molecular flexibility index (Phi) is 12.9. The second kappa shape index (κ2) is 14.8. The van der Waals surface area contributed by atoms with Crippen LogP contribution in [0, 0.1) is 6.92 Å². The third kappa shape index (κ3) is 7.43. The monoisotopic (exact) mass is 540 g/mol. The number of hydrogen-bond donors (Lipinski definition) is 2. The van der Waals surface area contributed by atoms with E-state index in [9.17, 15) is 0 Å². The third-order valence-electron chi connectivity index (χ3n) is 4.99. The molecule has 6 nitrogen and oxygen atoms in total. The van der Waals surface area contributed by atoms with Gasteiger partial charge in [-0.15, -0.1) is 18.5 Å². The second-order valence-electron chi connectivity index (χ2n) is 7.34. The first-order valence-corrected chi connectivity index (χ1v) is 12.7. The van der Waals surface area contributed by atoms with Gasteiger partial charge >= 0.3 is 0 Å². The molecular formula is C27H39N6P3. The first-order chi connectivity index (χ1) is 16.1. The van der Waals surface area contributed by atoms with Gasteiger partial charge in [0.25, 0.3) is 0 Å². The zero-order valence-corrected chi connectivity index (χ0v) is 21.8. The number of imidazole rings is 3. The lowest BCUT2D eigenvalue weighted by Crippen LogP contribution is -1.85. The minimum absolute atomic E-state index is 0. The molecule has 2 N–H and O–H groups in total. The molecule has 9 heteroatoms. The predicted octanol–water partition coefficient (Wildman–Crippen LogP) is 7.77. The molecule has 0 aliphatic rings. The van der Waals surface area contributed by atoms with E-state index in [0.717, 1.165) is 57.4 Å². The van der Waals surface area contributed by atoms with Crippen molar-refractivity contribution < 1.29 is 0 Å². The Morgan fingerprint density at radius 2 is 1.19 bits per heavy atom. The number of fused-ring (bicyclic) bond motifs is 3. The van der Waals surface area contributed by atoms with Crippen LogP contribution in [0.4, 0.5) is 0 Å². The number of H-pyrrole nitrogens is 2. The van der Waals surface area contributed by atoms with Crippen LogP contribution in [-0.2, 0) is 12.3 Å². The van der Waals surface area contributed by atoms with Crippen molar-refractivity contribution in [3.05, 3.63) is 90.3 Å². The fourth-order valence-corrected chi connectivity index (χ4v) is 4.49. The van der Waals surface area contributed by atoms with Gasteiger partial charge in [-0.1, -0.05) is 58.7 Å². The summed E-state index contributed by atoms with van der Waals surface area (Å²) in [4.78, 5) is 19.4. The van der Waals surface area contributed by atoms with Gasteiger partial charge in [0.1, 0.15) is 17.5 Å². The maximum Gasteiger partial charge on any atom is 0.116 e. The largest absolute Gasteiger partial charge is 0.342 e. The van der Waals surface area contributed by atoms with Crippen LogP contribution < -0.4 is 0 Å². The van der Waals surface area contributed by atoms with E-state index in [1.165, 1.54) is 5.52 Å². The van der Waals surface area contributed by atoms with Crippen molar-refractivity contribution >= 4 is 61.0 Å². The van der Waals surface area contributed by atoms with E-state index in [2.05, 4.69) is 58.9 Å². The molecule has 3 unspecified atom stereocenters. The Bertz CT molecular complexity index is 1420. The van der Waals surface area contributed by atoms with E-state index in [1.807, 2.05) is 78.0 Å². The summed E-state index contributed by atoms with van der Waals surface area (Å²) in [6.45, 7) is 1.96. The number of hydrogen-bond acceptors (Lipinski definition) is 3. The minimum Gasteiger partial charge on any atom is -0.342 e. The van der Waals surface area contributed by atoms with Gasteiger partial charge < -0.3 is 14.3 Å². The number of aryl methyl sites for hydroxylation is 1. The van der Waals surface area contributed by atoms with Crippen LogP contribution in [0.25, 0.3) is 33.1 Å². The smallest absolute Gasteiger partial charge is 0.116 e. The zero-order chi connectivity index (χ0) is 23.2. The Morgan fingerprint density at radius 1 is 0.667 bits per heavy atom. The highest BCUT2D eigenvalue weighted by Crippen LogP contribution is 2.19. The fraction of sp³-hybridized carbons (Fsp3) is 0.222. The van der Waals surface area contributed by atoms with E-state index in [-0.39, 0.29) is 22.3 Å². The van der Waals surface area contributed by atoms with Gasteiger partial charge in [0.15, 0.2) is 0 Å². The maximum absolute atomic E-state index is 4.45. The summed E-state index contributed by atoms with van der Waals surface area (Å²) in [7, 11) is 8.00. The molecule has 0 bridgehead atoms. The highest BCUT2D eigenvalue weighted by molar-refractivity contribution is 7.16. The summed E-state index contributed by atoms with van der Waals surface area (Å²) in [5.41, 5.74) is 6.54. The molecule has 192 valence electrons. The Hall–Kier alpha value is -2.64.